The topological polar surface area (TPSA) is 52.2 Å². The van der Waals surface area contributed by atoms with Crippen molar-refractivity contribution >= 4 is 33.7 Å². The van der Waals surface area contributed by atoms with Gasteiger partial charge in [0, 0.05) is 23.9 Å². The fourth-order valence-corrected chi connectivity index (χ4v) is 2.83. The Morgan fingerprint density at radius 3 is 2.35 bits per heavy atom. The SMILES string of the molecule is CC(=O)c1cc2c(o1)c1ccccc1n2C(=O)c1ccccc1. The number of para-hydroxylation sites is 1. The molecule has 2 aromatic heterocycles. The van der Waals surface area contributed by atoms with E-state index in [0.717, 1.165) is 10.9 Å². The van der Waals surface area contributed by atoms with Crippen LogP contribution in [0.5, 0.6) is 0 Å². The van der Waals surface area contributed by atoms with Gasteiger partial charge in [0.05, 0.1) is 11.0 Å². The molecule has 0 radical (unpaired) electrons. The molecule has 112 valence electrons. The van der Waals surface area contributed by atoms with Crippen LogP contribution < -0.4 is 0 Å². The molecule has 0 unspecified atom stereocenters. The second-order valence-electron chi connectivity index (χ2n) is 5.40. The van der Waals surface area contributed by atoms with Gasteiger partial charge in [0.25, 0.3) is 5.91 Å². The summed E-state index contributed by atoms with van der Waals surface area (Å²) in [6, 6.07) is 18.2. The maximum Gasteiger partial charge on any atom is 0.262 e. The molecule has 2 heterocycles. The number of ketones is 1. The van der Waals surface area contributed by atoms with Crippen molar-refractivity contribution in [2.24, 2.45) is 0 Å². The number of rotatable bonds is 2. The molecule has 4 nitrogen and oxygen atoms in total. The van der Waals surface area contributed by atoms with Crippen LogP contribution in [0.2, 0.25) is 0 Å². The van der Waals surface area contributed by atoms with Gasteiger partial charge in [-0.25, -0.2) is 0 Å². The molecule has 0 aliphatic heterocycles. The standard InChI is InChI=1S/C19H13NO3/c1-12(21)17-11-16-18(23-17)14-9-5-6-10-15(14)20(16)19(22)13-7-3-2-4-8-13/h2-11H,1H3. The first-order valence-corrected chi connectivity index (χ1v) is 7.30. The van der Waals surface area contributed by atoms with Crippen LogP contribution in [0.25, 0.3) is 22.0 Å². The maximum atomic E-state index is 13.0. The molecule has 0 aliphatic carbocycles. The zero-order valence-electron chi connectivity index (χ0n) is 12.4. The second kappa shape index (κ2) is 4.95. The number of benzene rings is 2. The van der Waals surface area contributed by atoms with E-state index in [1.807, 2.05) is 42.5 Å². The summed E-state index contributed by atoms with van der Waals surface area (Å²) in [6.45, 7) is 1.45. The van der Waals surface area contributed by atoms with E-state index in [1.54, 1.807) is 22.8 Å². The summed E-state index contributed by atoms with van der Waals surface area (Å²) in [5, 5.41) is 0.819. The Hall–Kier alpha value is -3.14. The monoisotopic (exact) mass is 303 g/mol. The third-order valence-corrected chi connectivity index (χ3v) is 3.91. The first-order chi connectivity index (χ1) is 11.2. The zero-order chi connectivity index (χ0) is 16.0. The van der Waals surface area contributed by atoms with Crippen LogP contribution in [0, 0.1) is 0 Å². The van der Waals surface area contributed by atoms with Crippen LogP contribution in [-0.4, -0.2) is 16.3 Å². The molecule has 0 saturated carbocycles. The minimum absolute atomic E-state index is 0.146. The van der Waals surface area contributed by atoms with Gasteiger partial charge in [0.1, 0.15) is 0 Å². The molecule has 2 aromatic carbocycles. The van der Waals surface area contributed by atoms with E-state index in [0.29, 0.717) is 16.7 Å². The maximum absolute atomic E-state index is 13.0. The number of hydrogen-bond donors (Lipinski definition) is 0. The largest absolute Gasteiger partial charge is 0.451 e. The van der Waals surface area contributed by atoms with E-state index in [1.165, 1.54) is 6.92 Å². The van der Waals surface area contributed by atoms with Crippen LogP contribution >= 0.6 is 0 Å². The number of carbonyl (C=O) groups excluding carboxylic acids is 2. The second-order valence-corrected chi connectivity index (χ2v) is 5.40. The fraction of sp³-hybridized carbons (Fsp3) is 0.0526. The number of furan rings is 1. The highest BCUT2D eigenvalue weighted by molar-refractivity contribution is 6.15. The molecule has 0 spiro atoms. The van der Waals surface area contributed by atoms with Gasteiger partial charge in [-0.3, -0.25) is 14.2 Å². The molecule has 0 N–H and O–H groups in total. The molecule has 0 atom stereocenters. The molecule has 4 aromatic rings. The normalized spacial score (nSPS) is 11.2. The van der Waals surface area contributed by atoms with Crippen LogP contribution in [-0.2, 0) is 0 Å². The predicted octanol–water partition coefficient (Wildman–Crippen LogP) is 4.28. The van der Waals surface area contributed by atoms with Crippen molar-refractivity contribution in [2.45, 2.75) is 6.92 Å². The number of Topliss-reactive ketones (excluding diaryl/α,β-unsaturated/α-hetero) is 1. The summed E-state index contributed by atoms with van der Waals surface area (Å²) in [7, 11) is 0. The van der Waals surface area contributed by atoms with Crippen molar-refractivity contribution in [2.75, 3.05) is 0 Å². The van der Waals surface area contributed by atoms with Gasteiger partial charge in [-0.1, -0.05) is 30.3 Å². The van der Waals surface area contributed by atoms with Crippen LogP contribution in [0.1, 0.15) is 27.8 Å². The van der Waals surface area contributed by atoms with Gasteiger partial charge < -0.3 is 4.42 Å². The van der Waals surface area contributed by atoms with Crippen LogP contribution in [0.15, 0.2) is 65.1 Å². The Kier molecular flexibility index (Phi) is 2.91. The molecule has 23 heavy (non-hydrogen) atoms. The molecule has 0 saturated heterocycles. The van der Waals surface area contributed by atoms with Gasteiger partial charge in [-0.15, -0.1) is 0 Å². The van der Waals surface area contributed by atoms with Crippen molar-refractivity contribution in [1.82, 2.24) is 4.57 Å². The van der Waals surface area contributed by atoms with Gasteiger partial charge in [0.2, 0.25) is 0 Å². The van der Waals surface area contributed by atoms with Crippen molar-refractivity contribution < 1.29 is 14.0 Å². The van der Waals surface area contributed by atoms with Crippen molar-refractivity contribution in [3.05, 3.63) is 72.0 Å². The zero-order valence-corrected chi connectivity index (χ0v) is 12.4. The summed E-state index contributed by atoms with van der Waals surface area (Å²) in [5.74, 6) is -0.0490. The molecular weight excluding hydrogens is 290 g/mol. The van der Waals surface area contributed by atoms with Gasteiger partial charge in [-0.05, 0) is 24.3 Å². The average Bonchev–Trinajstić information content (AvgIpc) is 3.12. The number of nitrogens with zero attached hydrogens (tertiary/aromatic N) is 1. The van der Waals surface area contributed by atoms with Crippen LogP contribution in [0.3, 0.4) is 0 Å². The summed E-state index contributed by atoms with van der Waals surface area (Å²) in [5.41, 5.74) is 2.53. The Bertz CT molecular complexity index is 1050. The summed E-state index contributed by atoms with van der Waals surface area (Å²) in [4.78, 5) is 24.6. The molecule has 4 rings (SSSR count). The smallest absolute Gasteiger partial charge is 0.262 e. The summed E-state index contributed by atoms with van der Waals surface area (Å²) < 4.78 is 7.29. The van der Waals surface area contributed by atoms with Crippen molar-refractivity contribution in [3.63, 3.8) is 0 Å². The van der Waals surface area contributed by atoms with Gasteiger partial charge >= 0.3 is 0 Å². The van der Waals surface area contributed by atoms with E-state index >= 15 is 0 Å². The van der Waals surface area contributed by atoms with E-state index in [-0.39, 0.29) is 17.5 Å². The lowest BCUT2D eigenvalue weighted by Gasteiger charge is -2.05. The van der Waals surface area contributed by atoms with E-state index in [2.05, 4.69) is 0 Å². The van der Waals surface area contributed by atoms with Crippen molar-refractivity contribution in [1.29, 1.82) is 0 Å². The number of aromatic nitrogens is 1. The highest BCUT2D eigenvalue weighted by Crippen LogP contribution is 2.32. The third-order valence-electron chi connectivity index (χ3n) is 3.91. The van der Waals surface area contributed by atoms with Gasteiger partial charge in [-0.2, -0.15) is 0 Å². The Balaban J connectivity index is 2.06. The number of fused-ring (bicyclic) bond motifs is 3. The third kappa shape index (κ3) is 1.99. The highest BCUT2D eigenvalue weighted by Gasteiger charge is 2.21. The molecule has 0 fully saturated rings. The Labute approximate surface area is 131 Å². The van der Waals surface area contributed by atoms with E-state index in [4.69, 9.17) is 4.42 Å². The first-order valence-electron chi connectivity index (χ1n) is 7.30. The Morgan fingerprint density at radius 1 is 0.913 bits per heavy atom. The minimum Gasteiger partial charge on any atom is -0.451 e. The number of carbonyl (C=O) groups is 2. The molecule has 4 heteroatoms. The highest BCUT2D eigenvalue weighted by atomic mass is 16.3. The number of hydrogen-bond acceptors (Lipinski definition) is 3. The fourth-order valence-electron chi connectivity index (χ4n) is 2.83. The summed E-state index contributed by atoms with van der Waals surface area (Å²) in [6.07, 6.45) is 0. The quantitative estimate of drug-likeness (QED) is 0.519. The minimum atomic E-state index is -0.163. The molecule has 0 aliphatic rings. The first kappa shape index (κ1) is 13.5. The average molecular weight is 303 g/mol. The lowest BCUT2D eigenvalue weighted by atomic mass is 10.2. The summed E-state index contributed by atoms with van der Waals surface area (Å²) >= 11 is 0. The van der Waals surface area contributed by atoms with E-state index in [9.17, 15) is 9.59 Å². The predicted molar refractivity (Wildman–Crippen MR) is 87.9 cm³/mol. The lowest BCUT2D eigenvalue weighted by Crippen LogP contribution is -2.11. The molecular formula is C19H13NO3. The molecule has 0 bridgehead atoms. The van der Waals surface area contributed by atoms with E-state index < -0.39 is 0 Å². The molecule has 0 amide bonds. The Morgan fingerprint density at radius 2 is 1.61 bits per heavy atom. The van der Waals surface area contributed by atoms with Crippen molar-refractivity contribution in [3.8, 4) is 0 Å². The van der Waals surface area contributed by atoms with Gasteiger partial charge in [0.15, 0.2) is 17.1 Å². The van der Waals surface area contributed by atoms with Crippen LogP contribution in [0.4, 0.5) is 0 Å². The lowest BCUT2D eigenvalue weighted by molar-refractivity contribution is 0.0966.